The van der Waals surface area contributed by atoms with Crippen LogP contribution in [0.4, 0.5) is 0 Å². The predicted octanol–water partition coefficient (Wildman–Crippen LogP) is 3.65. The lowest BCUT2D eigenvalue weighted by atomic mass is 9.82. The molecule has 0 aliphatic heterocycles. The highest BCUT2D eigenvalue weighted by Crippen LogP contribution is 2.25. The van der Waals surface area contributed by atoms with Gasteiger partial charge in [-0.25, -0.2) is 0 Å². The minimum absolute atomic E-state index is 0.119. The Morgan fingerprint density at radius 1 is 1.09 bits per heavy atom. The third-order valence-electron chi connectivity index (χ3n) is 4.51. The molecule has 2 unspecified atom stereocenters. The normalized spacial score (nSPS) is 18.8. The molecule has 2 heteroatoms. The fraction of sp³-hybridized carbons (Fsp3) is 0.350. The quantitative estimate of drug-likeness (QED) is 0.911. The summed E-state index contributed by atoms with van der Waals surface area (Å²) in [6.07, 6.45) is 2.97. The number of fused-ring (bicyclic) bond motifs is 1. The first-order valence-corrected chi connectivity index (χ1v) is 8.13. The van der Waals surface area contributed by atoms with Crippen LogP contribution in [0, 0.1) is 5.92 Å². The summed E-state index contributed by atoms with van der Waals surface area (Å²) in [5.74, 6) is 0.425. The minimum Gasteiger partial charge on any atom is -0.313 e. The summed E-state index contributed by atoms with van der Waals surface area (Å²) in [6.45, 7) is 2.97. The molecule has 1 aliphatic carbocycles. The number of carbonyl (C=O) groups is 1. The Morgan fingerprint density at radius 3 is 2.64 bits per heavy atom. The molecule has 0 aromatic heterocycles. The summed E-state index contributed by atoms with van der Waals surface area (Å²) < 4.78 is 0. The van der Waals surface area contributed by atoms with Crippen LogP contribution in [0.2, 0.25) is 0 Å². The Bertz CT molecular complexity index is 635. The van der Waals surface area contributed by atoms with Gasteiger partial charge in [-0.3, -0.25) is 4.79 Å². The van der Waals surface area contributed by atoms with Crippen LogP contribution in [0.5, 0.6) is 0 Å². The Hall–Kier alpha value is -1.93. The molecule has 0 fully saturated rings. The first-order valence-electron chi connectivity index (χ1n) is 8.13. The van der Waals surface area contributed by atoms with Gasteiger partial charge in [-0.15, -0.1) is 0 Å². The molecule has 114 valence electrons. The highest BCUT2D eigenvalue weighted by molar-refractivity contribution is 6.00. The second kappa shape index (κ2) is 6.89. The van der Waals surface area contributed by atoms with E-state index in [9.17, 15) is 4.79 Å². The van der Waals surface area contributed by atoms with Gasteiger partial charge in [-0.2, -0.15) is 0 Å². The van der Waals surface area contributed by atoms with E-state index in [-0.39, 0.29) is 5.92 Å². The van der Waals surface area contributed by atoms with E-state index in [1.807, 2.05) is 24.3 Å². The predicted molar refractivity (Wildman–Crippen MR) is 90.2 cm³/mol. The molecule has 1 N–H and O–H groups in total. The average molecular weight is 293 g/mol. The monoisotopic (exact) mass is 293 g/mol. The molecule has 0 radical (unpaired) electrons. The summed E-state index contributed by atoms with van der Waals surface area (Å²) >= 11 is 0. The zero-order valence-corrected chi connectivity index (χ0v) is 13.1. The molecule has 0 spiro atoms. The zero-order chi connectivity index (χ0) is 15.4. The van der Waals surface area contributed by atoms with Crippen LogP contribution in [-0.4, -0.2) is 18.4 Å². The van der Waals surface area contributed by atoms with Crippen molar-refractivity contribution in [3.8, 4) is 0 Å². The molecule has 1 aliphatic rings. The smallest absolute Gasteiger partial charge is 0.167 e. The molecule has 22 heavy (non-hydrogen) atoms. The average Bonchev–Trinajstić information content (AvgIpc) is 2.55. The molecule has 0 saturated carbocycles. The van der Waals surface area contributed by atoms with Gasteiger partial charge in [0.2, 0.25) is 0 Å². The van der Waals surface area contributed by atoms with Crippen LogP contribution < -0.4 is 5.32 Å². The number of nitrogens with one attached hydrogen (secondary N) is 1. The number of rotatable bonds is 5. The number of hydrogen-bond acceptors (Lipinski definition) is 2. The zero-order valence-electron chi connectivity index (χ0n) is 13.1. The summed E-state index contributed by atoms with van der Waals surface area (Å²) in [6, 6.07) is 18.9. The molecule has 2 atom stereocenters. The summed E-state index contributed by atoms with van der Waals surface area (Å²) in [4.78, 5) is 12.5. The molecule has 0 bridgehead atoms. The van der Waals surface area contributed by atoms with Crippen LogP contribution in [0.3, 0.4) is 0 Å². The van der Waals surface area contributed by atoms with E-state index in [4.69, 9.17) is 0 Å². The standard InChI is InChI=1S/C20H23NO/c1-15(13-16-7-3-2-4-8-16)21-14-18-12-11-17-9-5-6-10-19(17)20(18)22/h2-10,15,18,21H,11-14H2,1H3. The molecule has 0 heterocycles. The minimum atomic E-state index is 0.119. The van der Waals surface area contributed by atoms with Crippen LogP contribution in [0.15, 0.2) is 54.6 Å². The number of Topliss-reactive ketones (excluding diaryl/α,β-unsaturated/α-hetero) is 1. The molecular formula is C20H23NO. The fourth-order valence-electron chi connectivity index (χ4n) is 3.24. The third-order valence-corrected chi connectivity index (χ3v) is 4.51. The van der Waals surface area contributed by atoms with Crippen molar-refractivity contribution in [3.63, 3.8) is 0 Å². The Morgan fingerprint density at radius 2 is 1.82 bits per heavy atom. The van der Waals surface area contributed by atoms with E-state index in [1.54, 1.807) is 0 Å². The SMILES string of the molecule is CC(Cc1ccccc1)NCC1CCc2ccccc2C1=O. The van der Waals surface area contributed by atoms with Crippen LogP contribution in [-0.2, 0) is 12.8 Å². The summed E-state index contributed by atoms with van der Waals surface area (Å²) in [5.41, 5.74) is 3.47. The first-order chi connectivity index (χ1) is 10.7. The van der Waals surface area contributed by atoms with Crippen molar-refractivity contribution >= 4 is 5.78 Å². The number of benzene rings is 2. The third kappa shape index (κ3) is 3.45. The Balaban J connectivity index is 1.55. The maximum atomic E-state index is 12.5. The van der Waals surface area contributed by atoms with Crippen molar-refractivity contribution in [2.45, 2.75) is 32.2 Å². The van der Waals surface area contributed by atoms with Gasteiger partial charge in [0.25, 0.3) is 0 Å². The highest BCUT2D eigenvalue weighted by atomic mass is 16.1. The fourth-order valence-corrected chi connectivity index (χ4v) is 3.24. The van der Waals surface area contributed by atoms with E-state index < -0.39 is 0 Å². The summed E-state index contributed by atoms with van der Waals surface area (Å²) in [7, 11) is 0. The van der Waals surface area contributed by atoms with Crippen LogP contribution >= 0.6 is 0 Å². The molecule has 2 aromatic carbocycles. The number of aryl methyl sites for hydroxylation is 1. The van der Waals surface area contributed by atoms with Gasteiger partial charge in [0.05, 0.1) is 0 Å². The number of carbonyl (C=O) groups excluding carboxylic acids is 1. The van der Waals surface area contributed by atoms with Crippen molar-refractivity contribution in [2.24, 2.45) is 5.92 Å². The second-order valence-corrected chi connectivity index (χ2v) is 6.26. The van der Waals surface area contributed by atoms with E-state index in [0.29, 0.717) is 11.8 Å². The first kappa shape index (κ1) is 15.0. The Kier molecular flexibility index (Phi) is 4.69. The van der Waals surface area contributed by atoms with Gasteiger partial charge in [-0.05, 0) is 37.3 Å². The van der Waals surface area contributed by atoms with Gasteiger partial charge < -0.3 is 5.32 Å². The van der Waals surface area contributed by atoms with E-state index >= 15 is 0 Å². The van der Waals surface area contributed by atoms with Crippen molar-refractivity contribution in [3.05, 3.63) is 71.3 Å². The summed E-state index contributed by atoms with van der Waals surface area (Å²) in [5, 5.41) is 3.54. The van der Waals surface area contributed by atoms with E-state index in [2.05, 4.69) is 42.6 Å². The van der Waals surface area contributed by atoms with Crippen molar-refractivity contribution < 1.29 is 4.79 Å². The van der Waals surface area contributed by atoms with Crippen molar-refractivity contribution in [1.29, 1.82) is 0 Å². The number of hydrogen-bond donors (Lipinski definition) is 1. The van der Waals surface area contributed by atoms with Crippen molar-refractivity contribution in [2.75, 3.05) is 6.54 Å². The van der Waals surface area contributed by atoms with Gasteiger partial charge in [0.15, 0.2) is 5.78 Å². The molecule has 0 amide bonds. The van der Waals surface area contributed by atoms with Gasteiger partial charge in [0.1, 0.15) is 0 Å². The van der Waals surface area contributed by atoms with E-state index in [0.717, 1.165) is 31.4 Å². The molecule has 0 saturated heterocycles. The lowest BCUT2D eigenvalue weighted by molar-refractivity contribution is 0.0899. The van der Waals surface area contributed by atoms with E-state index in [1.165, 1.54) is 11.1 Å². The largest absolute Gasteiger partial charge is 0.313 e. The highest BCUT2D eigenvalue weighted by Gasteiger charge is 2.26. The lowest BCUT2D eigenvalue weighted by Crippen LogP contribution is -2.37. The lowest BCUT2D eigenvalue weighted by Gasteiger charge is -2.25. The number of ketones is 1. The van der Waals surface area contributed by atoms with Crippen molar-refractivity contribution in [1.82, 2.24) is 5.32 Å². The molecule has 2 aromatic rings. The van der Waals surface area contributed by atoms with Crippen LogP contribution in [0.1, 0.15) is 34.8 Å². The van der Waals surface area contributed by atoms with Gasteiger partial charge in [0, 0.05) is 24.1 Å². The van der Waals surface area contributed by atoms with Gasteiger partial charge >= 0.3 is 0 Å². The topological polar surface area (TPSA) is 29.1 Å². The molecule has 2 nitrogen and oxygen atoms in total. The maximum absolute atomic E-state index is 12.5. The molecular weight excluding hydrogens is 270 g/mol. The Labute approximate surface area is 132 Å². The van der Waals surface area contributed by atoms with Crippen LogP contribution in [0.25, 0.3) is 0 Å². The van der Waals surface area contributed by atoms with Gasteiger partial charge in [-0.1, -0.05) is 54.6 Å². The molecule has 3 rings (SSSR count). The second-order valence-electron chi connectivity index (χ2n) is 6.26. The maximum Gasteiger partial charge on any atom is 0.167 e.